The highest BCUT2D eigenvalue weighted by molar-refractivity contribution is 5.79. The summed E-state index contributed by atoms with van der Waals surface area (Å²) in [5.74, 6) is 0.487. The summed E-state index contributed by atoms with van der Waals surface area (Å²) < 4.78 is 0. The molecule has 1 aliphatic heterocycles. The molecular weight excluding hydrogens is 200 g/mol. The van der Waals surface area contributed by atoms with Crippen LogP contribution in [-0.4, -0.2) is 25.5 Å². The van der Waals surface area contributed by atoms with Crippen molar-refractivity contribution in [3.8, 4) is 0 Å². The first-order valence-corrected chi connectivity index (χ1v) is 6.74. The molecule has 1 atom stereocenters. The third kappa shape index (κ3) is 2.97. The van der Waals surface area contributed by atoms with Gasteiger partial charge in [0.1, 0.15) is 0 Å². The minimum absolute atomic E-state index is 0.214. The fourth-order valence-corrected chi connectivity index (χ4v) is 2.72. The molecule has 1 heterocycles. The lowest BCUT2D eigenvalue weighted by atomic mass is 9.97. The molecule has 0 aromatic carbocycles. The molecule has 2 N–H and O–H groups in total. The molecule has 92 valence electrons. The van der Waals surface area contributed by atoms with Crippen molar-refractivity contribution in [3.05, 3.63) is 0 Å². The Balaban J connectivity index is 1.70. The molecule has 1 unspecified atom stereocenters. The largest absolute Gasteiger partial charge is 0.355 e. The van der Waals surface area contributed by atoms with E-state index in [1.54, 1.807) is 0 Å². The van der Waals surface area contributed by atoms with E-state index in [4.69, 9.17) is 0 Å². The van der Waals surface area contributed by atoms with Crippen molar-refractivity contribution in [3.63, 3.8) is 0 Å². The van der Waals surface area contributed by atoms with E-state index in [-0.39, 0.29) is 11.8 Å². The lowest BCUT2D eigenvalue weighted by Crippen LogP contribution is -2.42. The van der Waals surface area contributed by atoms with Crippen LogP contribution in [0, 0.1) is 11.3 Å². The van der Waals surface area contributed by atoms with Crippen LogP contribution in [0.25, 0.3) is 0 Å². The number of hydrogen-bond donors (Lipinski definition) is 2. The zero-order valence-corrected chi connectivity index (χ0v) is 10.3. The van der Waals surface area contributed by atoms with Gasteiger partial charge in [-0.05, 0) is 44.1 Å². The van der Waals surface area contributed by atoms with Crippen molar-refractivity contribution < 1.29 is 4.79 Å². The van der Waals surface area contributed by atoms with Gasteiger partial charge in [-0.2, -0.15) is 0 Å². The van der Waals surface area contributed by atoms with E-state index in [9.17, 15) is 4.79 Å². The van der Waals surface area contributed by atoms with Crippen LogP contribution in [0.5, 0.6) is 0 Å². The molecule has 3 heteroatoms. The first kappa shape index (κ1) is 11.9. The summed E-state index contributed by atoms with van der Waals surface area (Å²) in [6.45, 7) is 5.08. The topological polar surface area (TPSA) is 41.1 Å². The van der Waals surface area contributed by atoms with Gasteiger partial charge in [0.2, 0.25) is 5.91 Å². The quantitative estimate of drug-likeness (QED) is 0.746. The average Bonchev–Trinajstić information content (AvgIpc) is 3.08. The predicted octanol–water partition coefficient (Wildman–Crippen LogP) is 1.68. The Kier molecular flexibility index (Phi) is 3.85. The van der Waals surface area contributed by atoms with Crippen molar-refractivity contribution in [1.29, 1.82) is 0 Å². The fraction of sp³-hybridized carbons (Fsp3) is 0.923. The molecule has 3 nitrogen and oxygen atoms in total. The number of carbonyl (C=O) groups is 1. The van der Waals surface area contributed by atoms with Crippen molar-refractivity contribution in [2.75, 3.05) is 19.6 Å². The molecule has 0 spiro atoms. The number of rotatable bonds is 5. The summed E-state index contributed by atoms with van der Waals surface area (Å²) in [5, 5.41) is 6.45. The Hall–Kier alpha value is -0.570. The lowest BCUT2D eigenvalue weighted by molar-refractivity contribution is -0.125. The van der Waals surface area contributed by atoms with Crippen molar-refractivity contribution in [2.24, 2.45) is 11.3 Å². The number of nitrogens with one attached hydrogen (secondary N) is 2. The SMILES string of the molecule is CCCC1(CNC(=O)C2CCCNC2)CC1. The minimum Gasteiger partial charge on any atom is -0.355 e. The summed E-state index contributed by atoms with van der Waals surface area (Å²) in [7, 11) is 0. The maximum Gasteiger partial charge on any atom is 0.224 e. The van der Waals surface area contributed by atoms with Gasteiger partial charge >= 0.3 is 0 Å². The first-order valence-electron chi connectivity index (χ1n) is 6.74. The molecule has 0 aromatic rings. The summed E-state index contributed by atoms with van der Waals surface area (Å²) >= 11 is 0. The van der Waals surface area contributed by atoms with Gasteiger partial charge in [-0.15, -0.1) is 0 Å². The zero-order valence-electron chi connectivity index (χ0n) is 10.3. The van der Waals surface area contributed by atoms with Crippen LogP contribution < -0.4 is 10.6 Å². The van der Waals surface area contributed by atoms with Gasteiger partial charge < -0.3 is 10.6 Å². The van der Waals surface area contributed by atoms with Gasteiger partial charge in [0, 0.05) is 13.1 Å². The van der Waals surface area contributed by atoms with E-state index in [0.29, 0.717) is 5.41 Å². The van der Waals surface area contributed by atoms with E-state index >= 15 is 0 Å². The molecule has 0 bridgehead atoms. The summed E-state index contributed by atoms with van der Waals surface area (Å²) in [6.07, 6.45) is 7.32. The predicted molar refractivity (Wildman–Crippen MR) is 65.2 cm³/mol. The molecule has 2 fully saturated rings. The third-order valence-corrected chi connectivity index (χ3v) is 4.04. The first-order chi connectivity index (χ1) is 7.76. The molecule has 1 saturated heterocycles. The second kappa shape index (κ2) is 5.17. The highest BCUT2D eigenvalue weighted by atomic mass is 16.1. The Morgan fingerprint density at radius 1 is 1.50 bits per heavy atom. The Labute approximate surface area is 98.4 Å². The summed E-state index contributed by atoms with van der Waals surface area (Å²) in [4.78, 5) is 11.9. The summed E-state index contributed by atoms with van der Waals surface area (Å²) in [6, 6.07) is 0. The van der Waals surface area contributed by atoms with E-state index in [1.165, 1.54) is 25.7 Å². The Morgan fingerprint density at radius 3 is 2.88 bits per heavy atom. The van der Waals surface area contributed by atoms with Crippen LogP contribution in [0.4, 0.5) is 0 Å². The molecule has 16 heavy (non-hydrogen) atoms. The van der Waals surface area contributed by atoms with Crippen LogP contribution in [0.15, 0.2) is 0 Å². The Bertz CT molecular complexity index is 242. The van der Waals surface area contributed by atoms with Crippen LogP contribution >= 0.6 is 0 Å². The van der Waals surface area contributed by atoms with Crippen molar-refractivity contribution >= 4 is 5.91 Å². The highest BCUT2D eigenvalue weighted by Crippen LogP contribution is 2.48. The van der Waals surface area contributed by atoms with Crippen LogP contribution in [0.2, 0.25) is 0 Å². The Morgan fingerprint density at radius 2 is 2.31 bits per heavy atom. The van der Waals surface area contributed by atoms with Gasteiger partial charge in [-0.3, -0.25) is 4.79 Å². The number of amides is 1. The standard InChI is InChI=1S/C13H24N2O/c1-2-5-13(6-7-13)10-15-12(16)11-4-3-8-14-9-11/h11,14H,2-10H2,1H3,(H,15,16). The van der Waals surface area contributed by atoms with E-state index in [2.05, 4.69) is 17.6 Å². The van der Waals surface area contributed by atoms with Gasteiger partial charge in [0.15, 0.2) is 0 Å². The maximum absolute atomic E-state index is 11.9. The normalized spacial score (nSPS) is 27.4. The van der Waals surface area contributed by atoms with Crippen molar-refractivity contribution in [2.45, 2.75) is 45.4 Å². The number of piperidine rings is 1. The minimum atomic E-state index is 0.214. The molecule has 1 amide bonds. The lowest BCUT2D eigenvalue weighted by Gasteiger charge is -2.23. The van der Waals surface area contributed by atoms with E-state index in [0.717, 1.165) is 32.5 Å². The van der Waals surface area contributed by atoms with E-state index < -0.39 is 0 Å². The van der Waals surface area contributed by atoms with Crippen LogP contribution in [0.3, 0.4) is 0 Å². The van der Waals surface area contributed by atoms with Gasteiger partial charge in [-0.1, -0.05) is 13.3 Å². The second-order valence-corrected chi connectivity index (χ2v) is 5.51. The number of carbonyl (C=O) groups excluding carboxylic acids is 1. The monoisotopic (exact) mass is 224 g/mol. The second-order valence-electron chi connectivity index (χ2n) is 5.51. The van der Waals surface area contributed by atoms with Gasteiger partial charge in [0.25, 0.3) is 0 Å². The maximum atomic E-state index is 11.9. The van der Waals surface area contributed by atoms with Crippen molar-refractivity contribution in [1.82, 2.24) is 10.6 Å². The van der Waals surface area contributed by atoms with Crippen LogP contribution in [0.1, 0.15) is 45.4 Å². The zero-order chi connectivity index (χ0) is 11.4. The molecule has 0 radical (unpaired) electrons. The van der Waals surface area contributed by atoms with Gasteiger partial charge in [-0.25, -0.2) is 0 Å². The third-order valence-electron chi connectivity index (χ3n) is 4.04. The highest BCUT2D eigenvalue weighted by Gasteiger charge is 2.41. The molecular formula is C13H24N2O. The van der Waals surface area contributed by atoms with Crippen LogP contribution in [-0.2, 0) is 4.79 Å². The van der Waals surface area contributed by atoms with Gasteiger partial charge in [0.05, 0.1) is 5.92 Å². The molecule has 2 aliphatic rings. The molecule has 0 aromatic heterocycles. The fourth-order valence-electron chi connectivity index (χ4n) is 2.72. The molecule has 2 rings (SSSR count). The smallest absolute Gasteiger partial charge is 0.224 e. The summed E-state index contributed by atoms with van der Waals surface area (Å²) in [5.41, 5.74) is 0.479. The molecule has 1 aliphatic carbocycles. The average molecular weight is 224 g/mol. The van der Waals surface area contributed by atoms with E-state index in [1.807, 2.05) is 0 Å². The number of hydrogen-bond acceptors (Lipinski definition) is 2. The molecule has 1 saturated carbocycles.